The summed E-state index contributed by atoms with van der Waals surface area (Å²) in [6, 6.07) is 5.61. The number of aliphatic imine (C=N–C) groups is 1. The fraction of sp³-hybridized carbons (Fsp3) is 0.421. The molecule has 9 heteroatoms. The normalized spacial score (nSPS) is 32.2. The molecule has 2 aromatic rings. The monoisotopic (exact) mass is 403 g/mol. The summed E-state index contributed by atoms with van der Waals surface area (Å²) in [7, 11) is 1.66. The van der Waals surface area contributed by atoms with Crippen LogP contribution in [0.2, 0.25) is 0 Å². The van der Waals surface area contributed by atoms with Gasteiger partial charge in [-0.05, 0) is 31.0 Å². The summed E-state index contributed by atoms with van der Waals surface area (Å²) in [5, 5.41) is 14.4. The largest absolute Gasteiger partial charge is 0.387 e. The fourth-order valence-corrected chi connectivity index (χ4v) is 5.47. The summed E-state index contributed by atoms with van der Waals surface area (Å²) < 4.78 is 27.0. The number of nitrogens with two attached hydrogens (primary N) is 1. The number of fused-ring (bicyclic) bond motifs is 1. The maximum Gasteiger partial charge on any atom is 0.254 e. The van der Waals surface area contributed by atoms with Gasteiger partial charge < -0.3 is 16.2 Å². The second kappa shape index (κ2) is 5.64. The molecule has 2 aromatic heterocycles. The highest BCUT2D eigenvalue weighted by molar-refractivity contribution is 8.00. The van der Waals surface area contributed by atoms with Crippen molar-refractivity contribution in [1.29, 1.82) is 0 Å². The maximum absolute atomic E-state index is 13.5. The molecule has 2 aliphatic carbocycles. The van der Waals surface area contributed by atoms with Crippen LogP contribution in [0.1, 0.15) is 24.8 Å². The molecule has 1 unspecified atom stereocenters. The van der Waals surface area contributed by atoms with Crippen molar-refractivity contribution in [2.45, 2.75) is 41.2 Å². The fourth-order valence-electron chi connectivity index (χ4n) is 4.27. The lowest BCUT2D eigenvalue weighted by molar-refractivity contribution is -0.119. The van der Waals surface area contributed by atoms with E-state index >= 15 is 0 Å². The van der Waals surface area contributed by atoms with Crippen LogP contribution in [0, 0.1) is 5.41 Å². The third-order valence-corrected chi connectivity index (χ3v) is 7.20. The Morgan fingerprint density at radius 2 is 2.11 bits per heavy atom. The van der Waals surface area contributed by atoms with Gasteiger partial charge in [-0.3, -0.25) is 4.99 Å². The molecule has 0 saturated heterocycles. The topological polar surface area (TPSA) is 96.4 Å². The highest BCUT2D eigenvalue weighted by Gasteiger charge is 2.80. The van der Waals surface area contributed by atoms with Gasteiger partial charge in [0, 0.05) is 42.4 Å². The van der Waals surface area contributed by atoms with E-state index in [1.54, 1.807) is 19.5 Å². The average molecular weight is 403 g/mol. The van der Waals surface area contributed by atoms with Crippen molar-refractivity contribution >= 4 is 29.5 Å². The zero-order valence-corrected chi connectivity index (χ0v) is 15.9. The maximum atomic E-state index is 13.5. The first kappa shape index (κ1) is 17.8. The van der Waals surface area contributed by atoms with Gasteiger partial charge in [-0.1, -0.05) is 11.8 Å². The lowest BCUT2D eigenvalue weighted by Gasteiger charge is -2.47. The molecule has 5 rings (SSSR count). The molecule has 28 heavy (non-hydrogen) atoms. The van der Waals surface area contributed by atoms with E-state index < -0.39 is 16.9 Å². The van der Waals surface area contributed by atoms with E-state index in [1.807, 2.05) is 18.2 Å². The highest BCUT2D eigenvalue weighted by atomic mass is 32.2. The quantitative estimate of drug-likeness (QED) is 0.682. The Morgan fingerprint density at radius 3 is 2.79 bits per heavy atom. The van der Waals surface area contributed by atoms with Crippen molar-refractivity contribution in [2.24, 2.45) is 10.4 Å². The van der Waals surface area contributed by atoms with Crippen LogP contribution in [0.15, 0.2) is 34.4 Å². The van der Waals surface area contributed by atoms with Crippen molar-refractivity contribution in [3.8, 4) is 11.3 Å². The van der Waals surface area contributed by atoms with Crippen LogP contribution in [0.25, 0.3) is 11.3 Å². The van der Waals surface area contributed by atoms with Crippen LogP contribution in [0.4, 0.5) is 20.3 Å². The Morgan fingerprint density at radius 1 is 1.36 bits per heavy atom. The van der Waals surface area contributed by atoms with Crippen LogP contribution in [-0.4, -0.2) is 45.2 Å². The van der Waals surface area contributed by atoms with Gasteiger partial charge in [0.25, 0.3) is 5.92 Å². The number of nitrogens with one attached hydrogen (secondary N) is 1. The predicted molar refractivity (Wildman–Crippen MR) is 105 cm³/mol. The van der Waals surface area contributed by atoms with Crippen molar-refractivity contribution < 1.29 is 13.9 Å². The number of pyridine rings is 2. The number of aliphatic hydroxyl groups is 1. The summed E-state index contributed by atoms with van der Waals surface area (Å²) >= 11 is 1.39. The van der Waals surface area contributed by atoms with Crippen molar-refractivity contribution in [3.05, 3.63) is 30.0 Å². The predicted octanol–water partition coefficient (Wildman–Crippen LogP) is 3.17. The van der Waals surface area contributed by atoms with Crippen LogP contribution < -0.4 is 11.1 Å². The summed E-state index contributed by atoms with van der Waals surface area (Å²) in [4.78, 5) is 12.8. The minimum Gasteiger partial charge on any atom is -0.387 e. The lowest BCUT2D eigenvalue weighted by atomic mass is 9.67. The van der Waals surface area contributed by atoms with Crippen LogP contribution >= 0.6 is 11.8 Å². The molecule has 0 radical (unpaired) electrons. The van der Waals surface area contributed by atoms with Gasteiger partial charge in [-0.15, -0.1) is 0 Å². The van der Waals surface area contributed by atoms with Crippen LogP contribution in [0.3, 0.4) is 0 Å². The van der Waals surface area contributed by atoms with E-state index in [4.69, 9.17) is 5.73 Å². The van der Waals surface area contributed by atoms with Gasteiger partial charge in [0.2, 0.25) is 0 Å². The van der Waals surface area contributed by atoms with Crippen LogP contribution in [0.5, 0.6) is 0 Å². The van der Waals surface area contributed by atoms with Gasteiger partial charge >= 0.3 is 0 Å². The van der Waals surface area contributed by atoms with E-state index in [2.05, 4.69) is 20.3 Å². The average Bonchev–Trinajstić information content (AvgIpc) is 2.99. The third-order valence-electron chi connectivity index (χ3n) is 5.88. The molecule has 4 N–H and O–H groups in total. The van der Waals surface area contributed by atoms with Gasteiger partial charge in [0.1, 0.15) is 16.2 Å². The molecule has 2 fully saturated rings. The Balaban J connectivity index is 1.37. The van der Waals surface area contributed by atoms with Crippen LogP contribution in [-0.2, 0) is 0 Å². The third kappa shape index (κ3) is 2.52. The summed E-state index contributed by atoms with van der Waals surface area (Å²) in [5.74, 6) is -2.23. The molecule has 3 heterocycles. The number of hydrogen-bond acceptors (Lipinski definition) is 7. The standard InChI is InChI=1S/C19H19F2N5OS/c1-23-5-11-4-10(6-24-14(11)22)12-2-3-13-15(25-12)28-16(26-13)18(27)7-17(8-18)9-19(17,20)21/h2-6,16,26-27H,7-9H2,1H3,(H2,22,24). The van der Waals surface area contributed by atoms with E-state index in [1.165, 1.54) is 11.8 Å². The number of nitrogens with zero attached hydrogens (tertiary/aromatic N) is 3. The number of aromatic nitrogens is 2. The molecule has 0 amide bonds. The van der Waals surface area contributed by atoms with Gasteiger partial charge in [-0.25, -0.2) is 18.7 Å². The summed E-state index contributed by atoms with van der Waals surface area (Å²) in [6.07, 6.45) is 3.43. The number of nitrogen functional groups attached to an aromatic ring is 1. The number of alkyl halides is 2. The lowest BCUT2D eigenvalue weighted by Crippen LogP contribution is -2.56. The van der Waals surface area contributed by atoms with Crippen molar-refractivity contribution in [2.75, 3.05) is 18.1 Å². The minimum atomic E-state index is -2.62. The molecule has 146 valence electrons. The number of halogens is 2. The first-order chi connectivity index (χ1) is 13.3. The summed E-state index contributed by atoms with van der Waals surface area (Å²) in [5.41, 5.74) is 6.77. The van der Waals surface area contributed by atoms with Crippen molar-refractivity contribution in [1.82, 2.24) is 9.97 Å². The van der Waals surface area contributed by atoms with Crippen molar-refractivity contribution in [3.63, 3.8) is 0 Å². The van der Waals surface area contributed by atoms with E-state index in [0.717, 1.165) is 22.0 Å². The van der Waals surface area contributed by atoms with E-state index in [-0.39, 0.29) is 24.6 Å². The smallest absolute Gasteiger partial charge is 0.254 e. The highest BCUT2D eigenvalue weighted by Crippen LogP contribution is 2.75. The zero-order valence-electron chi connectivity index (χ0n) is 15.1. The molecule has 0 bridgehead atoms. The first-order valence-electron chi connectivity index (χ1n) is 8.98. The Kier molecular flexibility index (Phi) is 3.59. The SMILES string of the molecule is CN=Cc1cc(-c2ccc3c(n2)SC(C2(O)CC4(C2)CC4(F)F)N3)cnc1N. The Hall–Kier alpha value is -2.26. The zero-order chi connectivity index (χ0) is 19.7. The molecular weight excluding hydrogens is 384 g/mol. The number of thioether (sulfide) groups is 1. The molecule has 1 aliphatic heterocycles. The van der Waals surface area contributed by atoms with E-state index in [9.17, 15) is 13.9 Å². The Bertz CT molecular complexity index is 1010. The molecule has 1 atom stereocenters. The first-order valence-corrected chi connectivity index (χ1v) is 9.86. The molecule has 0 aromatic carbocycles. The number of anilines is 2. The second-order valence-corrected chi connectivity index (χ2v) is 8.99. The Labute approximate surface area is 164 Å². The number of hydrogen-bond donors (Lipinski definition) is 3. The molecule has 2 saturated carbocycles. The number of rotatable bonds is 3. The second-order valence-electron chi connectivity index (χ2n) is 7.90. The summed E-state index contributed by atoms with van der Waals surface area (Å²) in [6.45, 7) is 0. The molecule has 3 aliphatic rings. The molecular formula is C19H19F2N5OS. The van der Waals surface area contributed by atoms with Gasteiger partial charge in [0.05, 0.1) is 17.0 Å². The minimum absolute atomic E-state index is 0.109. The van der Waals surface area contributed by atoms with E-state index in [0.29, 0.717) is 11.4 Å². The molecule has 6 nitrogen and oxygen atoms in total. The van der Waals surface area contributed by atoms with Gasteiger partial charge in [0.15, 0.2) is 0 Å². The van der Waals surface area contributed by atoms with Gasteiger partial charge in [-0.2, -0.15) is 0 Å². The molecule has 1 spiro atoms.